The molecule has 1 aliphatic rings. The summed E-state index contributed by atoms with van der Waals surface area (Å²) in [6, 6.07) is 9.76. The molecular weight excluding hydrogens is 626 g/mol. The second-order valence-electron chi connectivity index (χ2n) is 12.3. The van der Waals surface area contributed by atoms with Crippen LogP contribution >= 0.6 is 0 Å². The fraction of sp³-hybridized carbons (Fsp3) is 0.273. The fourth-order valence-corrected chi connectivity index (χ4v) is 5.98. The van der Waals surface area contributed by atoms with Gasteiger partial charge in [-0.05, 0) is 37.4 Å². The van der Waals surface area contributed by atoms with Crippen LogP contribution in [0.4, 0.5) is 22.9 Å². The fourth-order valence-electron chi connectivity index (χ4n) is 5.98. The van der Waals surface area contributed by atoms with Crippen molar-refractivity contribution in [1.29, 1.82) is 0 Å². The Labute approximate surface area is 281 Å². The SMILES string of the molecule is CN1CCN(c2ccc3[nH]c(-c4cc(NC(=O)c5cc(NC(=O)c6nc(NC(=O)c7nccn7C)cn6C)cn5C)cn4C)nc3c2)CC1. The van der Waals surface area contributed by atoms with Crippen LogP contribution in [-0.2, 0) is 28.2 Å². The van der Waals surface area contributed by atoms with Gasteiger partial charge >= 0.3 is 0 Å². The molecule has 252 valence electrons. The minimum absolute atomic E-state index is 0.0722. The molecule has 49 heavy (non-hydrogen) atoms. The number of anilines is 4. The zero-order valence-corrected chi connectivity index (χ0v) is 27.9. The highest BCUT2D eigenvalue weighted by molar-refractivity contribution is 6.07. The number of likely N-dealkylation sites (N-methyl/N-ethyl adjacent to an activating group) is 1. The van der Waals surface area contributed by atoms with Crippen molar-refractivity contribution in [3.63, 3.8) is 0 Å². The second kappa shape index (κ2) is 12.5. The highest BCUT2D eigenvalue weighted by atomic mass is 16.2. The molecular formula is C33H37N13O3. The Morgan fingerprint density at radius 2 is 1.43 bits per heavy atom. The van der Waals surface area contributed by atoms with Crippen molar-refractivity contribution in [1.82, 2.24) is 43.1 Å². The van der Waals surface area contributed by atoms with Gasteiger partial charge in [-0.1, -0.05) is 0 Å². The average Bonchev–Trinajstić information content (AvgIpc) is 3.89. The first-order valence-corrected chi connectivity index (χ1v) is 15.7. The third-order valence-electron chi connectivity index (χ3n) is 8.68. The van der Waals surface area contributed by atoms with E-state index in [2.05, 4.69) is 65.9 Å². The van der Waals surface area contributed by atoms with E-state index in [-0.39, 0.29) is 23.4 Å². The maximum Gasteiger partial charge on any atom is 0.292 e. The zero-order valence-electron chi connectivity index (χ0n) is 27.9. The van der Waals surface area contributed by atoms with E-state index >= 15 is 0 Å². The molecule has 0 atom stereocenters. The summed E-state index contributed by atoms with van der Waals surface area (Å²) < 4.78 is 6.62. The molecule has 0 unspecified atom stereocenters. The summed E-state index contributed by atoms with van der Waals surface area (Å²) in [5.41, 5.74) is 5.14. The number of imidazole rings is 3. The Hall–Kier alpha value is -6.16. The molecule has 6 aromatic rings. The molecule has 3 amide bonds. The molecule has 16 nitrogen and oxygen atoms in total. The molecule has 1 aromatic carbocycles. The van der Waals surface area contributed by atoms with Crippen molar-refractivity contribution in [3.8, 4) is 11.5 Å². The molecule has 1 saturated heterocycles. The van der Waals surface area contributed by atoms with Crippen LogP contribution in [0.2, 0.25) is 0 Å². The molecule has 0 spiro atoms. The van der Waals surface area contributed by atoms with E-state index in [0.717, 1.165) is 48.6 Å². The summed E-state index contributed by atoms with van der Waals surface area (Å²) in [5.74, 6) is -0.120. The molecule has 0 saturated carbocycles. The number of nitrogens with one attached hydrogen (secondary N) is 4. The summed E-state index contributed by atoms with van der Waals surface area (Å²) >= 11 is 0. The first-order chi connectivity index (χ1) is 23.5. The monoisotopic (exact) mass is 663 g/mol. The Balaban J connectivity index is 1.01. The van der Waals surface area contributed by atoms with E-state index in [1.54, 1.807) is 48.7 Å². The number of amides is 3. The maximum atomic E-state index is 13.3. The summed E-state index contributed by atoms with van der Waals surface area (Å²) in [4.78, 5) is 60.2. The Kier molecular flexibility index (Phi) is 7.99. The molecule has 0 radical (unpaired) electrons. The Bertz CT molecular complexity index is 2210. The quantitative estimate of drug-likeness (QED) is 0.193. The predicted molar refractivity (Wildman–Crippen MR) is 186 cm³/mol. The molecule has 7 rings (SSSR count). The van der Waals surface area contributed by atoms with Gasteiger partial charge in [0.05, 0.1) is 28.1 Å². The average molecular weight is 664 g/mol. The summed E-state index contributed by atoms with van der Waals surface area (Å²) in [5, 5.41) is 8.39. The largest absolute Gasteiger partial charge is 0.369 e. The zero-order chi connectivity index (χ0) is 34.4. The molecule has 6 heterocycles. The summed E-state index contributed by atoms with van der Waals surface area (Å²) in [6.45, 7) is 4.02. The number of fused-ring (bicyclic) bond motifs is 1. The molecule has 1 fully saturated rings. The van der Waals surface area contributed by atoms with Crippen molar-refractivity contribution >= 4 is 51.6 Å². The van der Waals surface area contributed by atoms with Crippen LogP contribution in [-0.4, -0.2) is 94.1 Å². The van der Waals surface area contributed by atoms with Gasteiger partial charge in [0.1, 0.15) is 5.69 Å². The number of aromatic nitrogens is 8. The van der Waals surface area contributed by atoms with Gasteiger partial charge in [-0.3, -0.25) is 14.4 Å². The van der Waals surface area contributed by atoms with Crippen LogP contribution in [0.3, 0.4) is 0 Å². The number of benzene rings is 1. The molecule has 5 aromatic heterocycles. The predicted octanol–water partition coefficient (Wildman–Crippen LogP) is 2.88. The van der Waals surface area contributed by atoms with Crippen LogP contribution < -0.4 is 20.9 Å². The third kappa shape index (κ3) is 6.28. The van der Waals surface area contributed by atoms with Crippen molar-refractivity contribution in [2.45, 2.75) is 0 Å². The topological polar surface area (TPSA) is 168 Å². The number of carbonyl (C=O) groups excluding carboxylic acids is 3. The van der Waals surface area contributed by atoms with Gasteiger partial charge in [-0.25, -0.2) is 15.0 Å². The van der Waals surface area contributed by atoms with Gasteiger partial charge in [0.2, 0.25) is 5.82 Å². The third-order valence-corrected chi connectivity index (χ3v) is 8.68. The first kappa shape index (κ1) is 31.4. The van der Waals surface area contributed by atoms with E-state index in [0.29, 0.717) is 22.9 Å². The lowest BCUT2D eigenvalue weighted by molar-refractivity contribution is 0.0999. The smallest absolute Gasteiger partial charge is 0.292 e. The van der Waals surface area contributed by atoms with Crippen LogP contribution in [0, 0.1) is 0 Å². The van der Waals surface area contributed by atoms with Crippen molar-refractivity contribution in [2.24, 2.45) is 28.2 Å². The molecule has 4 N–H and O–H groups in total. The highest BCUT2D eigenvalue weighted by Crippen LogP contribution is 2.28. The number of hydrogen-bond donors (Lipinski definition) is 4. The summed E-state index contributed by atoms with van der Waals surface area (Å²) in [7, 11) is 9.11. The van der Waals surface area contributed by atoms with Crippen LogP contribution in [0.15, 0.2) is 61.3 Å². The van der Waals surface area contributed by atoms with Gasteiger partial charge in [0, 0.05) is 91.0 Å². The minimum atomic E-state index is -0.508. The van der Waals surface area contributed by atoms with E-state index in [1.807, 2.05) is 23.9 Å². The number of piperazine rings is 1. The van der Waals surface area contributed by atoms with Crippen molar-refractivity contribution in [2.75, 3.05) is 54.1 Å². The number of hydrogen-bond acceptors (Lipinski definition) is 8. The summed E-state index contributed by atoms with van der Waals surface area (Å²) in [6.07, 6.45) is 8.17. The van der Waals surface area contributed by atoms with E-state index < -0.39 is 11.8 Å². The number of carbonyl (C=O) groups is 3. The lowest BCUT2D eigenvalue weighted by Gasteiger charge is -2.34. The van der Waals surface area contributed by atoms with E-state index in [1.165, 1.54) is 17.0 Å². The second-order valence-corrected chi connectivity index (χ2v) is 12.3. The van der Waals surface area contributed by atoms with Crippen molar-refractivity contribution in [3.05, 3.63) is 78.7 Å². The van der Waals surface area contributed by atoms with Gasteiger partial charge in [-0.2, -0.15) is 0 Å². The highest BCUT2D eigenvalue weighted by Gasteiger charge is 2.21. The van der Waals surface area contributed by atoms with Crippen LogP contribution in [0.25, 0.3) is 22.6 Å². The Morgan fingerprint density at radius 1 is 0.714 bits per heavy atom. The number of rotatable bonds is 8. The van der Waals surface area contributed by atoms with Gasteiger partial charge in [0.15, 0.2) is 17.5 Å². The number of H-pyrrole nitrogens is 1. The molecule has 0 aliphatic carbocycles. The lowest BCUT2D eigenvalue weighted by Crippen LogP contribution is -2.44. The number of aryl methyl sites for hydroxylation is 4. The molecule has 1 aliphatic heterocycles. The van der Waals surface area contributed by atoms with Gasteiger partial charge < -0.3 is 49.0 Å². The van der Waals surface area contributed by atoms with Gasteiger partial charge in [0.25, 0.3) is 17.7 Å². The number of nitrogens with zero attached hydrogens (tertiary/aromatic N) is 9. The Morgan fingerprint density at radius 3 is 2.18 bits per heavy atom. The van der Waals surface area contributed by atoms with Crippen LogP contribution in [0.1, 0.15) is 31.7 Å². The lowest BCUT2D eigenvalue weighted by atomic mass is 10.2. The standard InChI is InChI=1S/C33H37N13O3/c1-41-10-12-46(13-11-41)22-6-7-23-24(16-22)38-28(37-23)25-14-20(17-43(25)3)35-31(47)26-15-21(18-44(26)4)36-33(49)30-39-27(19-45(30)5)40-32(48)29-34-8-9-42(29)2/h6-9,14-19H,10-13H2,1-5H3,(H,35,47)(H,36,49)(H,37,38)(H,40,48). The van der Waals surface area contributed by atoms with Crippen LogP contribution in [0.5, 0.6) is 0 Å². The molecule has 16 heteroatoms. The maximum absolute atomic E-state index is 13.3. The van der Waals surface area contributed by atoms with E-state index in [9.17, 15) is 14.4 Å². The molecule has 0 bridgehead atoms. The van der Waals surface area contributed by atoms with E-state index in [4.69, 9.17) is 4.98 Å². The number of aromatic amines is 1. The first-order valence-electron chi connectivity index (χ1n) is 15.7. The van der Waals surface area contributed by atoms with Gasteiger partial charge in [-0.15, -0.1) is 0 Å². The normalized spacial score (nSPS) is 13.6. The van der Waals surface area contributed by atoms with Crippen molar-refractivity contribution < 1.29 is 14.4 Å². The minimum Gasteiger partial charge on any atom is -0.369 e.